The van der Waals surface area contributed by atoms with E-state index in [0.29, 0.717) is 35.1 Å². The van der Waals surface area contributed by atoms with Crippen molar-refractivity contribution in [1.29, 1.82) is 0 Å². The maximum Gasteiger partial charge on any atom is 0.311 e. The Labute approximate surface area is 391 Å². The van der Waals surface area contributed by atoms with Crippen LogP contribution < -0.4 is 4.74 Å². The van der Waals surface area contributed by atoms with E-state index < -0.39 is 22.0 Å². The zero-order chi connectivity index (χ0) is 46.8. The third-order valence-corrected chi connectivity index (χ3v) is 28.9. The smallest absolute Gasteiger partial charge is 0.311 e. The van der Waals surface area contributed by atoms with Gasteiger partial charge in [-0.2, -0.15) is 0 Å². The standard InChI is InChI=1S/C51H92O7S2Si2/c1-35(2)62(36(3)4,37(5)6)58-44-26-23-42(31-45(44)54-17)30-39(8)46(55-33-41-21-24-43(53-16)25-22-41)32-51(59-27-20-28-60-51)40(9)29-38(7)47(34-56-48(52)49(10,11)12)57-61(18,19)50(13,14)15/h21-22,24-25,29,35-37,39-40,42,44-47H,20,23,26-28,30-34H2,1-19H3/b38-29+/t39-,40-,42+,44-,45-,46+,47+/m1/s1. The molecule has 0 amide bonds. The minimum Gasteiger partial charge on any atom is -0.497 e. The number of methoxy groups -OCH3 is 2. The normalized spacial score (nSPS) is 22.7. The number of thioether (sulfide) groups is 2. The molecule has 0 N–H and O–H groups in total. The molecule has 1 heterocycles. The van der Waals surface area contributed by atoms with Crippen LogP contribution in [0.4, 0.5) is 0 Å². The van der Waals surface area contributed by atoms with E-state index in [1.165, 1.54) is 6.42 Å². The van der Waals surface area contributed by atoms with Gasteiger partial charge in [0, 0.05) is 7.11 Å². The van der Waals surface area contributed by atoms with Crippen LogP contribution in [0, 0.1) is 23.2 Å². The second-order valence-corrected chi connectivity index (χ2v) is 35.6. The van der Waals surface area contributed by atoms with E-state index in [-0.39, 0.29) is 52.0 Å². The van der Waals surface area contributed by atoms with E-state index in [2.05, 4.69) is 138 Å². The summed E-state index contributed by atoms with van der Waals surface area (Å²) in [5.74, 6) is 4.02. The molecule has 1 aromatic rings. The van der Waals surface area contributed by atoms with Crippen molar-refractivity contribution in [2.75, 3.05) is 32.3 Å². The van der Waals surface area contributed by atoms with Gasteiger partial charge in [-0.25, -0.2) is 0 Å². The van der Waals surface area contributed by atoms with Gasteiger partial charge in [0.05, 0.1) is 41.5 Å². The highest BCUT2D eigenvalue weighted by Crippen LogP contribution is 2.53. The maximum atomic E-state index is 13.1. The molecule has 1 saturated carbocycles. The summed E-state index contributed by atoms with van der Waals surface area (Å²) >= 11 is 4.24. The Balaban J connectivity index is 1.95. The number of allylic oxidation sites excluding steroid dienone is 1. The van der Waals surface area contributed by atoms with Gasteiger partial charge in [-0.15, -0.1) is 23.5 Å². The molecule has 7 nitrogen and oxygen atoms in total. The summed E-state index contributed by atoms with van der Waals surface area (Å²) in [5, 5.41) is 0.0180. The SMILES string of the molecule is COc1ccc(CO[C@@H](CC2([C@H](C)/C=C(\C)[C@H](COC(=O)C(C)(C)C)O[Si](C)(C)C(C)(C)C)SCCCS2)[C@H](C)C[C@@H]2CC[C@@H](O[Si](C(C)C)(C(C)C)C(C)C)[C@H](OC)C2)cc1. The predicted molar refractivity (Wildman–Crippen MR) is 272 cm³/mol. The monoisotopic (exact) mass is 937 g/mol. The number of hydrogen-bond acceptors (Lipinski definition) is 9. The summed E-state index contributed by atoms with van der Waals surface area (Å²) in [5.41, 5.74) is 3.36. The number of rotatable bonds is 22. The summed E-state index contributed by atoms with van der Waals surface area (Å²) in [6, 6.07) is 8.32. The fourth-order valence-electron chi connectivity index (χ4n) is 9.70. The van der Waals surface area contributed by atoms with Crippen molar-refractivity contribution in [3.05, 3.63) is 41.5 Å². The first-order chi connectivity index (χ1) is 28.7. The molecule has 11 heteroatoms. The van der Waals surface area contributed by atoms with Crippen molar-refractivity contribution in [2.24, 2.45) is 23.2 Å². The molecule has 0 bridgehead atoms. The summed E-state index contributed by atoms with van der Waals surface area (Å²) in [6.07, 6.45) is 8.92. The Hall–Kier alpha value is -0.796. The molecular formula is C51H92O7S2Si2. The molecule has 0 radical (unpaired) electrons. The molecule has 1 aliphatic carbocycles. The summed E-state index contributed by atoms with van der Waals surface area (Å²) < 4.78 is 39.3. The van der Waals surface area contributed by atoms with Crippen LogP contribution in [0.25, 0.3) is 0 Å². The molecule has 7 atom stereocenters. The Kier molecular flexibility index (Phi) is 21.3. The maximum absolute atomic E-state index is 13.1. The average molecular weight is 938 g/mol. The number of carbonyl (C=O) groups excluding carboxylic acids is 1. The van der Waals surface area contributed by atoms with Crippen LogP contribution in [0.15, 0.2) is 35.9 Å². The molecule has 1 aliphatic heterocycles. The largest absolute Gasteiger partial charge is 0.497 e. The van der Waals surface area contributed by atoms with E-state index in [1.807, 2.05) is 40.0 Å². The van der Waals surface area contributed by atoms with E-state index in [4.69, 9.17) is 27.8 Å². The average Bonchev–Trinajstić information content (AvgIpc) is 3.19. The number of ether oxygens (including phenoxy) is 4. The first-order valence-electron chi connectivity index (χ1n) is 24.0. The van der Waals surface area contributed by atoms with Gasteiger partial charge in [-0.3, -0.25) is 4.79 Å². The van der Waals surface area contributed by atoms with Gasteiger partial charge in [0.2, 0.25) is 8.32 Å². The zero-order valence-corrected chi connectivity index (χ0v) is 46.5. The van der Waals surface area contributed by atoms with Crippen molar-refractivity contribution >= 4 is 46.1 Å². The fourth-order valence-corrected chi connectivity index (χ4v) is 20.1. The quantitative estimate of drug-likeness (QED) is 0.0642. The first kappa shape index (κ1) is 55.5. The minimum absolute atomic E-state index is 0.0180. The number of carbonyl (C=O) groups is 1. The van der Waals surface area contributed by atoms with Crippen molar-refractivity contribution < 1.29 is 32.6 Å². The number of benzene rings is 1. The van der Waals surface area contributed by atoms with E-state index in [0.717, 1.165) is 60.5 Å². The van der Waals surface area contributed by atoms with E-state index in [1.54, 1.807) is 7.11 Å². The summed E-state index contributed by atoms with van der Waals surface area (Å²) in [6.45, 7) is 39.2. The van der Waals surface area contributed by atoms with Crippen LogP contribution in [-0.2, 0) is 34.5 Å². The summed E-state index contributed by atoms with van der Waals surface area (Å²) in [7, 11) is -0.628. The van der Waals surface area contributed by atoms with E-state index >= 15 is 0 Å². The molecule has 0 spiro atoms. The zero-order valence-electron chi connectivity index (χ0n) is 42.9. The molecule has 358 valence electrons. The highest BCUT2D eigenvalue weighted by Gasteiger charge is 2.49. The van der Waals surface area contributed by atoms with Crippen LogP contribution >= 0.6 is 23.5 Å². The molecule has 1 saturated heterocycles. The second kappa shape index (κ2) is 23.8. The molecule has 2 fully saturated rings. The molecule has 0 aromatic heterocycles. The van der Waals surface area contributed by atoms with Gasteiger partial charge in [0.15, 0.2) is 8.32 Å². The summed E-state index contributed by atoms with van der Waals surface area (Å²) in [4.78, 5) is 13.1. The van der Waals surface area contributed by atoms with Gasteiger partial charge in [-0.1, -0.05) is 94.4 Å². The molecule has 2 aliphatic rings. The lowest BCUT2D eigenvalue weighted by atomic mass is 9.78. The lowest BCUT2D eigenvalue weighted by Crippen LogP contribution is -2.53. The Morgan fingerprint density at radius 1 is 0.871 bits per heavy atom. The van der Waals surface area contributed by atoms with Gasteiger partial charge in [0.25, 0.3) is 0 Å². The first-order valence-corrected chi connectivity index (χ1v) is 31.0. The highest BCUT2D eigenvalue weighted by molar-refractivity contribution is 8.18. The van der Waals surface area contributed by atoms with E-state index in [9.17, 15) is 4.79 Å². The second-order valence-electron chi connectivity index (χ2n) is 22.3. The molecule has 62 heavy (non-hydrogen) atoms. The van der Waals surface area contributed by atoms with Crippen molar-refractivity contribution in [1.82, 2.24) is 0 Å². The Morgan fingerprint density at radius 3 is 1.95 bits per heavy atom. The van der Waals surface area contributed by atoms with Crippen molar-refractivity contribution in [3.63, 3.8) is 0 Å². The highest BCUT2D eigenvalue weighted by atomic mass is 32.2. The number of hydrogen-bond donors (Lipinski definition) is 0. The van der Waals surface area contributed by atoms with Gasteiger partial charge in [0.1, 0.15) is 18.5 Å². The van der Waals surface area contributed by atoms with Gasteiger partial charge >= 0.3 is 5.97 Å². The molecule has 3 rings (SSSR count). The van der Waals surface area contributed by atoms with Crippen LogP contribution in [0.2, 0.25) is 34.8 Å². The number of esters is 1. The third kappa shape index (κ3) is 14.9. The van der Waals surface area contributed by atoms with Crippen molar-refractivity contribution in [3.8, 4) is 5.75 Å². The Bertz CT molecular complexity index is 1510. The van der Waals surface area contributed by atoms with Gasteiger partial charge < -0.3 is 27.8 Å². The fraction of sp³-hybridized carbons (Fsp3) is 0.824. The van der Waals surface area contributed by atoms with Crippen LogP contribution in [0.1, 0.15) is 148 Å². The van der Waals surface area contributed by atoms with Crippen molar-refractivity contribution in [2.45, 2.75) is 212 Å². The van der Waals surface area contributed by atoms with Gasteiger partial charge in [-0.05, 0) is 154 Å². The molecule has 1 aromatic carbocycles. The van der Waals surface area contributed by atoms with Crippen LogP contribution in [0.3, 0.4) is 0 Å². The topological polar surface area (TPSA) is 72.5 Å². The lowest BCUT2D eigenvalue weighted by molar-refractivity contribution is -0.155. The minimum atomic E-state index is -2.19. The Morgan fingerprint density at radius 2 is 1.45 bits per heavy atom. The molecule has 0 unspecified atom stereocenters. The van der Waals surface area contributed by atoms with Crippen LogP contribution in [0.5, 0.6) is 5.75 Å². The molecular weight excluding hydrogens is 845 g/mol. The van der Waals surface area contributed by atoms with Crippen LogP contribution in [-0.4, -0.2) is 83.4 Å². The predicted octanol–water partition coefficient (Wildman–Crippen LogP) is 14.5. The lowest BCUT2D eigenvalue weighted by Gasteiger charge is -2.48. The third-order valence-electron chi connectivity index (χ3n) is 14.6.